The molecule has 0 saturated carbocycles. The van der Waals surface area contributed by atoms with Gasteiger partial charge in [-0.05, 0) is 17.7 Å². The highest BCUT2D eigenvalue weighted by Crippen LogP contribution is 2.17. The second-order valence-electron chi connectivity index (χ2n) is 5.25. The summed E-state index contributed by atoms with van der Waals surface area (Å²) in [6, 6.07) is 3.93. The zero-order valence-electron chi connectivity index (χ0n) is 12.1. The van der Waals surface area contributed by atoms with E-state index in [2.05, 4.69) is 15.2 Å². The van der Waals surface area contributed by atoms with Crippen LogP contribution in [0.4, 0.5) is 8.78 Å². The van der Waals surface area contributed by atoms with Crippen LogP contribution in [0.1, 0.15) is 21.9 Å². The molecule has 0 spiro atoms. The highest BCUT2D eigenvalue weighted by molar-refractivity contribution is 5.92. The van der Waals surface area contributed by atoms with E-state index < -0.39 is 11.6 Å². The molecule has 1 amide bonds. The second kappa shape index (κ2) is 5.84. The molecule has 1 aliphatic heterocycles. The van der Waals surface area contributed by atoms with E-state index >= 15 is 0 Å². The molecule has 2 heterocycles. The summed E-state index contributed by atoms with van der Waals surface area (Å²) < 4.78 is 28.1. The molecule has 1 aromatic heterocycles. The zero-order chi connectivity index (χ0) is 15.7. The maximum atomic E-state index is 13.2. The number of carbonyl (C=O) groups excluding carboxylic acids is 1. The Bertz CT molecular complexity index is 714. The monoisotopic (exact) mass is 306 g/mol. The number of fused-ring (bicyclic) bond motifs is 1. The van der Waals surface area contributed by atoms with Crippen LogP contribution in [0.25, 0.3) is 0 Å². The first-order chi connectivity index (χ1) is 10.6. The molecule has 0 bridgehead atoms. The van der Waals surface area contributed by atoms with Crippen LogP contribution in [0, 0.1) is 11.6 Å². The molecule has 0 radical (unpaired) electrons. The lowest BCUT2D eigenvalue weighted by molar-refractivity contribution is 0.0949. The van der Waals surface area contributed by atoms with Crippen molar-refractivity contribution in [3.05, 3.63) is 53.1 Å². The van der Waals surface area contributed by atoms with Gasteiger partial charge in [-0.1, -0.05) is 6.07 Å². The molecule has 0 aliphatic carbocycles. The first kappa shape index (κ1) is 14.6. The number of carbonyl (C=O) groups is 1. The molecule has 116 valence electrons. The average molecular weight is 306 g/mol. The fourth-order valence-corrected chi connectivity index (χ4v) is 2.65. The van der Waals surface area contributed by atoms with Crippen LogP contribution in [0.15, 0.2) is 24.4 Å². The lowest BCUT2D eigenvalue weighted by Gasteiger charge is -2.28. The Balaban J connectivity index is 1.73. The van der Waals surface area contributed by atoms with Crippen molar-refractivity contribution in [3.63, 3.8) is 0 Å². The molecule has 0 unspecified atom stereocenters. The summed E-state index contributed by atoms with van der Waals surface area (Å²) in [4.78, 5) is 18.1. The third-order valence-electron chi connectivity index (χ3n) is 3.79. The van der Waals surface area contributed by atoms with Gasteiger partial charge in [-0.15, -0.1) is 0 Å². The van der Waals surface area contributed by atoms with Gasteiger partial charge in [0.2, 0.25) is 0 Å². The first-order valence-corrected chi connectivity index (χ1v) is 7.01. The molecule has 0 atom stereocenters. The summed E-state index contributed by atoms with van der Waals surface area (Å²) in [5.41, 5.74) is 1.26. The van der Waals surface area contributed by atoms with Crippen LogP contribution in [0.3, 0.4) is 0 Å². The van der Waals surface area contributed by atoms with Crippen molar-refractivity contribution in [2.75, 3.05) is 13.6 Å². The van der Waals surface area contributed by atoms with Crippen LogP contribution >= 0.6 is 0 Å². The van der Waals surface area contributed by atoms with E-state index in [1.165, 1.54) is 6.07 Å². The Morgan fingerprint density at radius 2 is 2.14 bits per heavy atom. The van der Waals surface area contributed by atoms with Gasteiger partial charge in [0.1, 0.15) is 11.5 Å². The number of aromatic nitrogens is 2. The Labute approximate surface area is 126 Å². The SMILES string of the molecule is CNC(=O)c1cnc2n1CCN(Cc1ccc(F)c(F)c1)C2. The van der Waals surface area contributed by atoms with Gasteiger partial charge in [0.25, 0.3) is 5.91 Å². The summed E-state index contributed by atoms with van der Waals surface area (Å²) in [5, 5.41) is 2.59. The fraction of sp³-hybridized carbons (Fsp3) is 0.333. The lowest BCUT2D eigenvalue weighted by atomic mass is 10.2. The Morgan fingerprint density at radius 1 is 1.32 bits per heavy atom. The summed E-state index contributed by atoms with van der Waals surface area (Å²) in [5.74, 6) is -1.04. The molecule has 7 heteroatoms. The zero-order valence-corrected chi connectivity index (χ0v) is 12.1. The minimum atomic E-state index is -0.840. The molecule has 22 heavy (non-hydrogen) atoms. The standard InChI is InChI=1S/C15H16F2N4O/c1-18-15(22)13-7-19-14-9-20(4-5-21(13)14)8-10-2-3-11(16)12(17)6-10/h2-3,6-7H,4-5,8-9H2,1H3,(H,18,22). The van der Waals surface area contributed by atoms with E-state index in [1.54, 1.807) is 19.3 Å². The van der Waals surface area contributed by atoms with Gasteiger partial charge in [0.15, 0.2) is 11.6 Å². The van der Waals surface area contributed by atoms with Crippen LogP contribution in [-0.2, 0) is 19.6 Å². The summed E-state index contributed by atoms with van der Waals surface area (Å²) in [7, 11) is 1.58. The maximum absolute atomic E-state index is 13.2. The predicted molar refractivity (Wildman–Crippen MR) is 76.1 cm³/mol. The van der Waals surface area contributed by atoms with Gasteiger partial charge in [0, 0.05) is 26.7 Å². The van der Waals surface area contributed by atoms with E-state index in [0.717, 1.165) is 11.9 Å². The summed E-state index contributed by atoms with van der Waals surface area (Å²) >= 11 is 0. The predicted octanol–water partition coefficient (Wildman–Crippen LogP) is 1.54. The largest absolute Gasteiger partial charge is 0.354 e. The van der Waals surface area contributed by atoms with Gasteiger partial charge < -0.3 is 9.88 Å². The Morgan fingerprint density at radius 3 is 2.86 bits per heavy atom. The molecule has 2 aromatic rings. The highest BCUT2D eigenvalue weighted by atomic mass is 19.2. The lowest BCUT2D eigenvalue weighted by Crippen LogP contribution is -2.35. The van der Waals surface area contributed by atoms with Crippen molar-refractivity contribution >= 4 is 5.91 Å². The highest BCUT2D eigenvalue weighted by Gasteiger charge is 2.22. The van der Waals surface area contributed by atoms with E-state index in [0.29, 0.717) is 37.4 Å². The Hall–Kier alpha value is -2.28. The van der Waals surface area contributed by atoms with Crippen LogP contribution in [-0.4, -0.2) is 34.0 Å². The number of halogens is 2. The molecule has 1 aromatic carbocycles. The molecular formula is C15H16F2N4O. The number of hydrogen-bond acceptors (Lipinski definition) is 3. The number of nitrogens with zero attached hydrogens (tertiary/aromatic N) is 3. The maximum Gasteiger partial charge on any atom is 0.269 e. The number of nitrogens with one attached hydrogen (secondary N) is 1. The molecular weight excluding hydrogens is 290 g/mol. The van der Waals surface area contributed by atoms with E-state index in [9.17, 15) is 13.6 Å². The topological polar surface area (TPSA) is 50.2 Å². The average Bonchev–Trinajstić information content (AvgIpc) is 2.93. The summed E-state index contributed by atoms with van der Waals surface area (Å²) in [6.07, 6.45) is 1.56. The van der Waals surface area contributed by atoms with Crippen molar-refractivity contribution in [3.8, 4) is 0 Å². The smallest absolute Gasteiger partial charge is 0.269 e. The number of amides is 1. The molecule has 3 rings (SSSR count). The van der Waals surface area contributed by atoms with E-state index in [-0.39, 0.29) is 5.91 Å². The molecule has 0 saturated heterocycles. The third kappa shape index (κ3) is 2.71. The quantitative estimate of drug-likeness (QED) is 0.936. The van der Waals surface area contributed by atoms with Gasteiger partial charge in [0.05, 0.1) is 12.7 Å². The van der Waals surface area contributed by atoms with Crippen LogP contribution < -0.4 is 5.32 Å². The third-order valence-corrected chi connectivity index (χ3v) is 3.79. The fourth-order valence-electron chi connectivity index (χ4n) is 2.65. The summed E-state index contributed by atoms with van der Waals surface area (Å²) in [6.45, 7) is 2.43. The minimum absolute atomic E-state index is 0.159. The number of hydrogen-bond donors (Lipinski definition) is 1. The number of benzene rings is 1. The van der Waals surface area contributed by atoms with Crippen molar-refractivity contribution in [1.29, 1.82) is 0 Å². The van der Waals surface area contributed by atoms with Gasteiger partial charge >= 0.3 is 0 Å². The van der Waals surface area contributed by atoms with Crippen molar-refractivity contribution in [1.82, 2.24) is 19.8 Å². The normalized spacial score (nSPS) is 14.7. The van der Waals surface area contributed by atoms with Crippen molar-refractivity contribution in [2.24, 2.45) is 0 Å². The van der Waals surface area contributed by atoms with Crippen molar-refractivity contribution < 1.29 is 13.6 Å². The van der Waals surface area contributed by atoms with Crippen LogP contribution in [0.5, 0.6) is 0 Å². The van der Waals surface area contributed by atoms with Gasteiger partial charge in [-0.2, -0.15) is 0 Å². The van der Waals surface area contributed by atoms with Crippen molar-refractivity contribution in [2.45, 2.75) is 19.6 Å². The second-order valence-corrected chi connectivity index (χ2v) is 5.25. The van der Waals surface area contributed by atoms with Gasteiger partial charge in [-0.25, -0.2) is 13.8 Å². The Kier molecular flexibility index (Phi) is 3.89. The number of rotatable bonds is 3. The number of imidazole rings is 1. The molecule has 1 N–H and O–H groups in total. The molecule has 0 fully saturated rings. The minimum Gasteiger partial charge on any atom is -0.354 e. The van der Waals surface area contributed by atoms with E-state index in [4.69, 9.17) is 0 Å². The first-order valence-electron chi connectivity index (χ1n) is 7.01. The molecule has 1 aliphatic rings. The van der Waals surface area contributed by atoms with Crippen LogP contribution in [0.2, 0.25) is 0 Å². The van der Waals surface area contributed by atoms with E-state index in [1.807, 2.05) is 4.57 Å². The molecule has 5 nitrogen and oxygen atoms in total. The van der Waals surface area contributed by atoms with Gasteiger partial charge in [-0.3, -0.25) is 9.69 Å².